The van der Waals surface area contributed by atoms with Crippen molar-refractivity contribution < 1.29 is 17.8 Å². The van der Waals surface area contributed by atoms with Crippen molar-refractivity contribution in [3.63, 3.8) is 0 Å². The van der Waals surface area contributed by atoms with E-state index in [0.717, 1.165) is 47.3 Å². The molecule has 0 aliphatic carbocycles. The number of unbranched alkanes of at least 4 members (excludes halogenated alkanes) is 6. The molecular weight excluding hydrogens is 524 g/mol. The smallest absolute Gasteiger partial charge is 0.174 e. The van der Waals surface area contributed by atoms with Gasteiger partial charge in [0.15, 0.2) is 6.79 Å². The maximum Gasteiger partial charge on any atom is 0.174 e. The van der Waals surface area contributed by atoms with E-state index in [0.29, 0.717) is 0 Å². The van der Waals surface area contributed by atoms with Crippen molar-refractivity contribution in [3.8, 4) is 11.5 Å². The van der Waals surface area contributed by atoms with E-state index in [9.17, 15) is 0 Å². The summed E-state index contributed by atoms with van der Waals surface area (Å²) in [7, 11) is 0. The Hall–Kier alpha value is -1.34. The van der Waals surface area contributed by atoms with Gasteiger partial charge in [-0.15, -0.1) is 0 Å². The molecule has 0 aliphatic heterocycles. The zero-order chi connectivity index (χ0) is 28.7. The molecule has 0 aliphatic rings. The minimum atomic E-state index is 0.0479. The van der Waals surface area contributed by atoms with Crippen LogP contribution < -0.4 is 9.47 Å². The maximum absolute atomic E-state index is 6.14. The monoisotopic (exact) mass is 576 g/mol. The minimum Gasteiger partial charge on any atom is -0.492 e. The van der Waals surface area contributed by atoms with Crippen LogP contribution >= 0.6 is 24.1 Å². The van der Waals surface area contributed by atoms with Gasteiger partial charge in [0, 0.05) is 24.1 Å². The maximum atomic E-state index is 6.14. The molecule has 2 rings (SSSR count). The van der Waals surface area contributed by atoms with Crippen molar-refractivity contribution in [1.82, 2.24) is 0 Å². The van der Waals surface area contributed by atoms with Crippen molar-refractivity contribution >= 4 is 24.1 Å². The Labute approximate surface area is 247 Å². The van der Waals surface area contributed by atoms with Crippen LogP contribution in [0.4, 0.5) is 0 Å². The zero-order valence-corrected chi connectivity index (χ0v) is 27.3. The third-order valence-corrected chi connectivity index (χ3v) is 7.95. The van der Waals surface area contributed by atoms with Crippen molar-refractivity contribution in [2.45, 2.75) is 127 Å². The van der Waals surface area contributed by atoms with Gasteiger partial charge in [0.05, 0.1) is 23.0 Å². The molecule has 0 saturated carbocycles. The Morgan fingerprint density at radius 1 is 0.564 bits per heavy atom. The van der Waals surface area contributed by atoms with Gasteiger partial charge in [-0.3, -0.25) is 8.37 Å². The molecular formula is C33H52O4S2. The van der Waals surface area contributed by atoms with Crippen molar-refractivity contribution in [1.29, 1.82) is 0 Å². The normalized spacial score (nSPS) is 12.1. The highest BCUT2D eigenvalue weighted by Crippen LogP contribution is 2.37. The quantitative estimate of drug-likeness (QED) is 0.0998. The average Bonchev–Trinajstić information content (AvgIpc) is 2.88. The van der Waals surface area contributed by atoms with E-state index < -0.39 is 0 Å². The van der Waals surface area contributed by atoms with Crippen LogP contribution in [0.25, 0.3) is 0 Å². The summed E-state index contributed by atoms with van der Waals surface area (Å²) in [4.78, 5) is 1.97. The molecule has 0 aromatic heterocycles. The van der Waals surface area contributed by atoms with Crippen LogP contribution in [0.5, 0.6) is 11.5 Å². The van der Waals surface area contributed by atoms with Crippen LogP contribution in [-0.2, 0) is 19.2 Å². The van der Waals surface area contributed by atoms with E-state index in [1.165, 1.54) is 73.7 Å². The summed E-state index contributed by atoms with van der Waals surface area (Å²) in [6, 6.07) is 12.8. The lowest BCUT2D eigenvalue weighted by Gasteiger charge is -2.21. The van der Waals surface area contributed by atoms with Crippen molar-refractivity contribution in [3.05, 3.63) is 47.5 Å². The van der Waals surface area contributed by atoms with Crippen LogP contribution in [0.15, 0.2) is 46.2 Å². The minimum absolute atomic E-state index is 0.0479. The Kier molecular flexibility index (Phi) is 15.2. The topological polar surface area (TPSA) is 36.9 Å². The highest BCUT2D eigenvalue weighted by molar-refractivity contribution is 7.95. The van der Waals surface area contributed by atoms with Crippen molar-refractivity contribution in [2.24, 2.45) is 0 Å². The molecule has 6 heteroatoms. The third-order valence-electron chi connectivity index (χ3n) is 6.52. The van der Waals surface area contributed by atoms with Gasteiger partial charge in [-0.25, -0.2) is 0 Å². The van der Waals surface area contributed by atoms with Gasteiger partial charge in [-0.1, -0.05) is 106 Å². The lowest BCUT2D eigenvalue weighted by molar-refractivity contribution is 0.167. The second kappa shape index (κ2) is 17.5. The molecule has 220 valence electrons. The number of hydrogen-bond acceptors (Lipinski definition) is 6. The largest absolute Gasteiger partial charge is 0.492 e. The van der Waals surface area contributed by atoms with Gasteiger partial charge in [-0.05, 0) is 59.1 Å². The molecule has 0 fully saturated rings. The van der Waals surface area contributed by atoms with Gasteiger partial charge in [0.25, 0.3) is 0 Å². The predicted molar refractivity (Wildman–Crippen MR) is 168 cm³/mol. The average molecular weight is 577 g/mol. The molecule has 2 aromatic rings. The van der Waals surface area contributed by atoms with Crippen LogP contribution in [0, 0.1) is 0 Å². The molecule has 0 unspecified atom stereocenters. The number of ether oxygens (including phenoxy) is 2. The lowest BCUT2D eigenvalue weighted by Crippen LogP contribution is -2.11. The SMILES string of the molecule is CCCCCCOc1ccc(C(C)(C)C)cc1SOCOSc1cc(C(C)(C)C)ccc1OCCCCCC. The summed E-state index contributed by atoms with van der Waals surface area (Å²) >= 11 is 2.64. The molecule has 0 spiro atoms. The summed E-state index contributed by atoms with van der Waals surface area (Å²) in [5.74, 6) is 1.74. The highest BCUT2D eigenvalue weighted by Gasteiger charge is 2.18. The molecule has 39 heavy (non-hydrogen) atoms. The summed E-state index contributed by atoms with van der Waals surface area (Å²) in [5.41, 5.74) is 2.60. The van der Waals surface area contributed by atoms with Crippen LogP contribution in [0.1, 0.15) is 118 Å². The number of benzene rings is 2. The van der Waals surface area contributed by atoms with Gasteiger partial charge >= 0.3 is 0 Å². The van der Waals surface area contributed by atoms with E-state index in [1.54, 1.807) is 0 Å². The first kappa shape index (κ1) is 33.9. The standard InChI is InChI=1S/C33H52O4S2/c1-9-11-13-15-21-34-28-19-17-26(32(3,4)5)23-30(28)38-36-25-37-39-31-24-27(33(6,7)8)18-20-29(31)35-22-16-14-12-10-2/h17-20,23-24H,9-16,21-22,25H2,1-8H3. The van der Waals surface area contributed by atoms with Crippen LogP contribution in [0.2, 0.25) is 0 Å². The first-order valence-corrected chi connectivity index (χ1v) is 16.2. The summed E-state index contributed by atoms with van der Waals surface area (Å²) < 4.78 is 24.1. The zero-order valence-electron chi connectivity index (χ0n) is 25.7. The summed E-state index contributed by atoms with van der Waals surface area (Å²) in [6.45, 7) is 19.4. The molecule has 0 atom stereocenters. The molecule has 2 aromatic carbocycles. The number of rotatable bonds is 18. The van der Waals surface area contributed by atoms with Gasteiger partial charge in [0.1, 0.15) is 11.5 Å². The van der Waals surface area contributed by atoms with Gasteiger partial charge in [-0.2, -0.15) is 0 Å². The lowest BCUT2D eigenvalue weighted by atomic mass is 9.87. The Morgan fingerprint density at radius 2 is 0.974 bits per heavy atom. The third kappa shape index (κ3) is 12.8. The molecule has 4 nitrogen and oxygen atoms in total. The van der Waals surface area contributed by atoms with E-state index in [-0.39, 0.29) is 17.6 Å². The fraction of sp³-hybridized carbons (Fsp3) is 0.636. The highest BCUT2D eigenvalue weighted by atomic mass is 32.2. The second-order valence-electron chi connectivity index (χ2n) is 12.2. The predicted octanol–water partition coefficient (Wildman–Crippen LogP) is 10.9. The molecule has 0 amide bonds. The Balaban J connectivity index is 1.99. The van der Waals surface area contributed by atoms with E-state index in [1.807, 2.05) is 0 Å². The summed E-state index contributed by atoms with van der Waals surface area (Å²) in [6.07, 6.45) is 9.46. The molecule has 0 radical (unpaired) electrons. The number of hydrogen-bond donors (Lipinski definition) is 0. The summed E-state index contributed by atoms with van der Waals surface area (Å²) in [5, 5.41) is 0. The molecule has 0 heterocycles. The van der Waals surface area contributed by atoms with Gasteiger partial charge in [0.2, 0.25) is 0 Å². The first-order valence-electron chi connectivity index (χ1n) is 14.7. The molecule has 0 saturated heterocycles. The Bertz CT molecular complexity index is 886. The van der Waals surface area contributed by atoms with Gasteiger partial charge < -0.3 is 9.47 Å². The Morgan fingerprint density at radius 3 is 1.33 bits per heavy atom. The van der Waals surface area contributed by atoms with E-state index in [2.05, 4.69) is 91.8 Å². The van der Waals surface area contributed by atoms with Crippen LogP contribution in [0.3, 0.4) is 0 Å². The van der Waals surface area contributed by atoms with Crippen LogP contribution in [-0.4, -0.2) is 20.0 Å². The second-order valence-corrected chi connectivity index (χ2v) is 13.8. The molecule has 0 N–H and O–H groups in total. The van der Waals surface area contributed by atoms with Crippen molar-refractivity contribution in [2.75, 3.05) is 20.0 Å². The van der Waals surface area contributed by atoms with E-state index >= 15 is 0 Å². The fourth-order valence-electron chi connectivity index (χ4n) is 3.93. The molecule has 0 bridgehead atoms. The van der Waals surface area contributed by atoms with E-state index in [4.69, 9.17) is 17.8 Å². The fourth-order valence-corrected chi connectivity index (χ4v) is 5.21. The first-order chi connectivity index (χ1) is 18.6.